The quantitative estimate of drug-likeness (QED) is 0.623. The Balaban J connectivity index is 2.00. The molecule has 1 fully saturated rings. The van der Waals surface area contributed by atoms with Gasteiger partial charge in [-0.2, -0.15) is 0 Å². The average molecular weight is 201 g/mol. The third kappa shape index (κ3) is 4.91. The van der Waals surface area contributed by atoms with Crippen LogP contribution in [-0.4, -0.2) is 50.3 Å². The zero-order chi connectivity index (χ0) is 10.2. The van der Waals surface area contributed by atoms with E-state index in [0.29, 0.717) is 6.04 Å². The monoisotopic (exact) mass is 201 g/mol. The lowest BCUT2D eigenvalue weighted by molar-refractivity contribution is 0.0365. The third-order valence-corrected chi connectivity index (χ3v) is 2.70. The Hall–Kier alpha value is -0.160. The summed E-state index contributed by atoms with van der Waals surface area (Å²) in [5, 5.41) is 0. The van der Waals surface area contributed by atoms with Gasteiger partial charge in [-0.15, -0.1) is 0 Å². The highest BCUT2D eigenvalue weighted by Gasteiger charge is 2.11. The van der Waals surface area contributed by atoms with Gasteiger partial charge in [0.25, 0.3) is 0 Å². The van der Waals surface area contributed by atoms with Crippen molar-refractivity contribution in [3.8, 4) is 0 Å². The molecule has 0 amide bonds. The van der Waals surface area contributed by atoms with Gasteiger partial charge in [0.15, 0.2) is 0 Å². The van der Waals surface area contributed by atoms with Gasteiger partial charge < -0.3 is 16.2 Å². The van der Waals surface area contributed by atoms with Crippen LogP contribution in [0.2, 0.25) is 0 Å². The minimum atomic E-state index is 0.321. The predicted octanol–water partition coefficient (Wildman–Crippen LogP) is -0.225. The summed E-state index contributed by atoms with van der Waals surface area (Å²) in [7, 11) is 0. The zero-order valence-corrected chi connectivity index (χ0v) is 8.95. The summed E-state index contributed by atoms with van der Waals surface area (Å²) in [6, 6.07) is 0.321. The number of hydrogen-bond acceptors (Lipinski definition) is 4. The van der Waals surface area contributed by atoms with Gasteiger partial charge in [0.1, 0.15) is 0 Å². The molecule has 0 bridgehead atoms. The molecule has 4 N–H and O–H groups in total. The van der Waals surface area contributed by atoms with Crippen molar-refractivity contribution >= 4 is 0 Å². The molecule has 1 heterocycles. The van der Waals surface area contributed by atoms with Crippen LogP contribution in [-0.2, 0) is 4.74 Å². The fourth-order valence-electron chi connectivity index (χ4n) is 1.70. The number of rotatable bonds is 6. The second kappa shape index (κ2) is 7.17. The van der Waals surface area contributed by atoms with Gasteiger partial charge in [0.05, 0.1) is 13.2 Å². The first kappa shape index (κ1) is 11.9. The van der Waals surface area contributed by atoms with Crippen molar-refractivity contribution in [3.05, 3.63) is 0 Å². The van der Waals surface area contributed by atoms with Gasteiger partial charge in [0, 0.05) is 19.1 Å². The smallest absolute Gasteiger partial charge is 0.0594 e. The van der Waals surface area contributed by atoms with Crippen LogP contribution >= 0.6 is 0 Å². The third-order valence-electron chi connectivity index (χ3n) is 2.70. The molecule has 0 aromatic heterocycles. The summed E-state index contributed by atoms with van der Waals surface area (Å²) < 4.78 is 5.28. The van der Waals surface area contributed by atoms with E-state index in [1.54, 1.807) is 0 Å². The maximum Gasteiger partial charge on any atom is 0.0594 e. The Morgan fingerprint density at radius 2 is 1.93 bits per heavy atom. The molecule has 1 saturated heterocycles. The maximum atomic E-state index is 5.96. The Morgan fingerprint density at radius 1 is 1.21 bits per heavy atom. The van der Waals surface area contributed by atoms with E-state index >= 15 is 0 Å². The topological polar surface area (TPSA) is 64.5 Å². The fraction of sp³-hybridized carbons (Fsp3) is 1.00. The molecule has 0 saturated carbocycles. The molecule has 1 aliphatic heterocycles. The molecule has 14 heavy (non-hydrogen) atoms. The largest absolute Gasteiger partial charge is 0.379 e. The van der Waals surface area contributed by atoms with Crippen LogP contribution in [0.3, 0.4) is 0 Å². The zero-order valence-electron chi connectivity index (χ0n) is 8.95. The summed E-state index contributed by atoms with van der Waals surface area (Å²) in [5.41, 5.74) is 11.4. The van der Waals surface area contributed by atoms with Crippen molar-refractivity contribution in [2.24, 2.45) is 11.5 Å². The standard InChI is InChI=1S/C10H23N3O/c11-4-1-2-10(12)3-5-13-6-8-14-9-7-13/h10H,1-9,11-12H2. The van der Waals surface area contributed by atoms with Crippen LogP contribution in [0, 0.1) is 0 Å². The lowest BCUT2D eigenvalue weighted by atomic mass is 10.1. The normalized spacial score (nSPS) is 21.0. The van der Waals surface area contributed by atoms with Crippen molar-refractivity contribution in [1.29, 1.82) is 0 Å². The Bertz CT molecular complexity index is 137. The second-order valence-corrected chi connectivity index (χ2v) is 3.93. The van der Waals surface area contributed by atoms with Crippen LogP contribution in [0.15, 0.2) is 0 Å². The van der Waals surface area contributed by atoms with Gasteiger partial charge in [-0.3, -0.25) is 4.90 Å². The summed E-state index contributed by atoms with van der Waals surface area (Å²) >= 11 is 0. The highest BCUT2D eigenvalue weighted by Crippen LogP contribution is 2.02. The Labute approximate surface area is 86.6 Å². The van der Waals surface area contributed by atoms with Crippen molar-refractivity contribution < 1.29 is 4.74 Å². The molecule has 0 aromatic carbocycles. The van der Waals surface area contributed by atoms with Crippen molar-refractivity contribution in [2.45, 2.75) is 25.3 Å². The minimum absolute atomic E-state index is 0.321. The van der Waals surface area contributed by atoms with Gasteiger partial charge in [-0.25, -0.2) is 0 Å². The fourth-order valence-corrected chi connectivity index (χ4v) is 1.70. The molecule has 0 aromatic rings. The predicted molar refractivity (Wildman–Crippen MR) is 58.1 cm³/mol. The summed E-state index contributed by atoms with van der Waals surface area (Å²) in [6.07, 6.45) is 3.19. The second-order valence-electron chi connectivity index (χ2n) is 3.93. The number of hydrogen-bond donors (Lipinski definition) is 2. The highest BCUT2D eigenvalue weighted by molar-refractivity contribution is 4.67. The van der Waals surface area contributed by atoms with E-state index in [0.717, 1.165) is 58.7 Å². The van der Waals surface area contributed by atoms with Crippen molar-refractivity contribution in [1.82, 2.24) is 4.90 Å². The van der Waals surface area contributed by atoms with Crippen LogP contribution < -0.4 is 11.5 Å². The van der Waals surface area contributed by atoms with E-state index in [9.17, 15) is 0 Å². The molecule has 0 spiro atoms. The van der Waals surface area contributed by atoms with Crippen LogP contribution in [0.5, 0.6) is 0 Å². The van der Waals surface area contributed by atoms with Gasteiger partial charge in [0.2, 0.25) is 0 Å². The van der Waals surface area contributed by atoms with Crippen LogP contribution in [0.1, 0.15) is 19.3 Å². The van der Waals surface area contributed by atoms with E-state index in [1.165, 1.54) is 0 Å². The summed E-state index contributed by atoms with van der Waals surface area (Å²) in [5.74, 6) is 0. The first-order valence-corrected chi connectivity index (χ1v) is 5.58. The van der Waals surface area contributed by atoms with E-state index in [-0.39, 0.29) is 0 Å². The van der Waals surface area contributed by atoms with Gasteiger partial charge in [-0.05, 0) is 32.4 Å². The molecular formula is C10H23N3O. The van der Waals surface area contributed by atoms with E-state index in [1.807, 2.05) is 0 Å². The molecule has 1 rings (SSSR count). The number of nitrogens with two attached hydrogens (primary N) is 2. The molecule has 0 radical (unpaired) electrons. The van der Waals surface area contributed by atoms with Crippen LogP contribution in [0.4, 0.5) is 0 Å². The lowest BCUT2D eigenvalue weighted by Crippen LogP contribution is -2.39. The molecule has 0 aliphatic carbocycles. The van der Waals surface area contributed by atoms with Gasteiger partial charge >= 0.3 is 0 Å². The first-order chi connectivity index (χ1) is 6.83. The SMILES string of the molecule is NCCCC(N)CCN1CCOCC1. The van der Waals surface area contributed by atoms with Gasteiger partial charge in [-0.1, -0.05) is 0 Å². The number of nitrogens with zero attached hydrogens (tertiary/aromatic N) is 1. The molecule has 4 nitrogen and oxygen atoms in total. The van der Waals surface area contributed by atoms with Crippen molar-refractivity contribution in [2.75, 3.05) is 39.4 Å². The average Bonchev–Trinajstić information content (AvgIpc) is 2.25. The summed E-state index contributed by atoms with van der Waals surface area (Å²) in [4.78, 5) is 2.42. The summed E-state index contributed by atoms with van der Waals surface area (Å²) in [6.45, 7) is 5.73. The highest BCUT2D eigenvalue weighted by atomic mass is 16.5. The molecule has 1 unspecified atom stereocenters. The van der Waals surface area contributed by atoms with E-state index in [2.05, 4.69) is 4.90 Å². The lowest BCUT2D eigenvalue weighted by Gasteiger charge is -2.27. The minimum Gasteiger partial charge on any atom is -0.379 e. The van der Waals surface area contributed by atoms with Crippen LogP contribution in [0.25, 0.3) is 0 Å². The number of morpholine rings is 1. The molecule has 84 valence electrons. The molecule has 1 aliphatic rings. The van der Waals surface area contributed by atoms with E-state index in [4.69, 9.17) is 16.2 Å². The molecule has 1 atom stereocenters. The first-order valence-electron chi connectivity index (χ1n) is 5.58. The Morgan fingerprint density at radius 3 is 2.57 bits per heavy atom. The van der Waals surface area contributed by atoms with Crippen molar-refractivity contribution in [3.63, 3.8) is 0 Å². The Kier molecular flexibility index (Phi) is 6.10. The van der Waals surface area contributed by atoms with E-state index < -0.39 is 0 Å². The molecular weight excluding hydrogens is 178 g/mol. The molecule has 4 heteroatoms. The maximum absolute atomic E-state index is 5.96. The number of ether oxygens (including phenoxy) is 1.